The summed E-state index contributed by atoms with van der Waals surface area (Å²) in [6, 6.07) is 52.5. The fraction of sp³-hybridized carbons (Fsp3) is 0.120. The van der Waals surface area contributed by atoms with Gasteiger partial charge < -0.3 is 9.80 Å². The first kappa shape index (κ1) is 35.0. The van der Waals surface area contributed by atoms with Crippen molar-refractivity contribution in [1.82, 2.24) is 0 Å². The van der Waals surface area contributed by atoms with Gasteiger partial charge in [-0.15, -0.1) is 0 Å². The van der Waals surface area contributed by atoms with Gasteiger partial charge in [-0.05, 0) is 130 Å². The highest BCUT2D eigenvalue weighted by molar-refractivity contribution is 7.01. The number of benzene rings is 7. The molecule has 0 saturated heterocycles. The van der Waals surface area contributed by atoms with Gasteiger partial charge >= 0.3 is 0 Å². The average molecular weight is 719 g/mol. The molecule has 2 heterocycles. The molecule has 0 aromatic heterocycles. The van der Waals surface area contributed by atoms with Crippen LogP contribution in [0.4, 0.5) is 34.1 Å². The minimum Gasteiger partial charge on any atom is -0.311 e. The number of anilines is 6. The standard InChI is InChI=1S/C50H40B2N4/c1-31-21-33(3)49(34(4)22-31)51-41-25-37(29-53)17-19-45(41)55(39-13-9-7-10-14-39)47-28-48-44(27-43(47)51)52(50-35(5)23-32(2)24-36(50)6)42-26-38(30-54)18-20-46(42)56(48)40-15-11-8-12-16-40/h7-28H,1-6H3. The normalized spacial score (nSPS) is 12.6. The molecule has 0 N–H and O–H groups in total. The van der Waals surface area contributed by atoms with E-state index in [1.165, 1.54) is 55.2 Å². The monoisotopic (exact) mass is 718 g/mol. The van der Waals surface area contributed by atoms with Gasteiger partial charge in [-0.25, -0.2) is 0 Å². The van der Waals surface area contributed by atoms with Gasteiger partial charge in [-0.3, -0.25) is 0 Å². The van der Waals surface area contributed by atoms with Gasteiger partial charge in [0.2, 0.25) is 13.4 Å². The fourth-order valence-electron chi connectivity index (χ4n) is 9.80. The Morgan fingerprint density at radius 1 is 0.393 bits per heavy atom. The molecule has 7 aromatic carbocycles. The molecule has 2 aliphatic rings. The molecule has 56 heavy (non-hydrogen) atoms. The lowest BCUT2D eigenvalue weighted by molar-refractivity contribution is 1.26. The van der Waals surface area contributed by atoms with Crippen LogP contribution in [0.15, 0.2) is 133 Å². The van der Waals surface area contributed by atoms with Crippen molar-refractivity contribution in [2.24, 2.45) is 0 Å². The molecule has 7 aromatic rings. The number of fused-ring (bicyclic) bond motifs is 4. The van der Waals surface area contributed by atoms with E-state index in [2.05, 4.69) is 185 Å². The summed E-state index contributed by atoms with van der Waals surface area (Å²) < 4.78 is 0. The summed E-state index contributed by atoms with van der Waals surface area (Å²) in [6.07, 6.45) is 0. The van der Waals surface area contributed by atoms with Crippen LogP contribution in [-0.4, -0.2) is 13.4 Å². The number of para-hydroxylation sites is 2. The second-order valence-corrected chi connectivity index (χ2v) is 15.6. The van der Waals surface area contributed by atoms with Crippen molar-refractivity contribution in [3.63, 3.8) is 0 Å². The third-order valence-corrected chi connectivity index (χ3v) is 11.8. The Labute approximate surface area is 331 Å². The van der Waals surface area contributed by atoms with E-state index in [-0.39, 0.29) is 13.4 Å². The summed E-state index contributed by atoms with van der Waals surface area (Å²) in [7, 11) is 0. The maximum atomic E-state index is 10.3. The van der Waals surface area contributed by atoms with Gasteiger partial charge in [0, 0.05) is 34.1 Å². The highest BCUT2D eigenvalue weighted by Crippen LogP contribution is 2.42. The minimum absolute atomic E-state index is 0.142. The Morgan fingerprint density at radius 3 is 1.11 bits per heavy atom. The van der Waals surface area contributed by atoms with Crippen LogP contribution in [0.25, 0.3) is 0 Å². The highest BCUT2D eigenvalue weighted by Gasteiger charge is 2.43. The van der Waals surface area contributed by atoms with Crippen molar-refractivity contribution < 1.29 is 0 Å². The maximum Gasteiger partial charge on any atom is 0.247 e. The molecular formula is C50H40B2N4. The number of nitriles is 2. The molecule has 0 unspecified atom stereocenters. The largest absolute Gasteiger partial charge is 0.311 e. The van der Waals surface area contributed by atoms with Crippen molar-refractivity contribution in [1.29, 1.82) is 10.5 Å². The molecule has 266 valence electrons. The van der Waals surface area contributed by atoms with E-state index in [1.54, 1.807) is 0 Å². The smallest absolute Gasteiger partial charge is 0.247 e. The topological polar surface area (TPSA) is 54.1 Å². The van der Waals surface area contributed by atoms with Crippen LogP contribution in [-0.2, 0) is 0 Å². The Morgan fingerprint density at radius 2 is 0.750 bits per heavy atom. The SMILES string of the molecule is Cc1cc(C)c(B2c3cc(C#N)ccc3N(c3ccccc3)c3cc4c(cc32)B(c2c(C)cc(C)cc2C)c2cc(C#N)ccc2N4c2ccccc2)c(C)c1. The third kappa shape index (κ3) is 5.53. The first-order valence-electron chi connectivity index (χ1n) is 19.3. The Kier molecular flexibility index (Phi) is 8.45. The first-order valence-corrected chi connectivity index (χ1v) is 19.3. The molecule has 0 radical (unpaired) electrons. The molecule has 0 atom stereocenters. The van der Waals surface area contributed by atoms with Crippen molar-refractivity contribution >= 4 is 80.3 Å². The van der Waals surface area contributed by atoms with E-state index < -0.39 is 0 Å². The van der Waals surface area contributed by atoms with Crippen molar-refractivity contribution in [3.05, 3.63) is 178 Å². The second-order valence-electron chi connectivity index (χ2n) is 15.6. The molecule has 9 rings (SSSR count). The first-order chi connectivity index (χ1) is 27.2. The van der Waals surface area contributed by atoms with Crippen molar-refractivity contribution in [3.8, 4) is 12.1 Å². The molecule has 0 saturated carbocycles. The maximum absolute atomic E-state index is 10.3. The third-order valence-electron chi connectivity index (χ3n) is 11.8. The van der Waals surface area contributed by atoms with Crippen LogP contribution in [0, 0.1) is 64.2 Å². The Bertz CT molecular complexity index is 2580. The van der Waals surface area contributed by atoms with E-state index in [1.807, 2.05) is 12.1 Å². The number of hydrogen-bond acceptors (Lipinski definition) is 4. The minimum atomic E-state index is -0.142. The quantitative estimate of drug-likeness (QED) is 0.174. The van der Waals surface area contributed by atoms with Crippen LogP contribution in [0.1, 0.15) is 44.5 Å². The van der Waals surface area contributed by atoms with Crippen molar-refractivity contribution in [2.75, 3.05) is 9.80 Å². The van der Waals surface area contributed by atoms with Gasteiger partial charge in [0.25, 0.3) is 0 Å². The molecule has 0 aliphatic carbocycles. The average Bonchev–Trinajstić information content (AvgIpc) is 3.19. The Hall–Kier alpha value is -6.75. The predicted octanol–water partition coefficient (Wildman–Crippen LogP) is 7.88. The lowest BCUT2D eigenvalue weighted by atomic mass is 9.30. The summed E-state index contributed by atoms with van der Waals surface area (Å²) in [4.78, 5) is 4.77. The van der Waals surface area contributed by atoms with Gasteiger partial charge in [-0.1, -0.05) is 111 Å². The van der Waals surface area contributed by atoms with E-state index >= 15 is 0 Å². The van der Waals surface area contributed by atoms with E-state index in [9.17, 15) is 10.5 Å². The van der Waals surface area contributed by atoms with Crippen molar-refractivity contribution in [2.45, 2.75) is 41.5 Å². The predicted molar refractivity (Wildman–Crippen MR) is 236 cm³/mol. The van der Waals surface area contributed by atoms with Gasteiger partial charge in [0.1, 0.15) is 0 Å². The van der Waals surface area contributed by atoms with Crippen LogP contribution in [0.5, 0.6) is 0 Å². The van der Waals surface area contributed by atoms with Crippen LogP contribution >= 0.6 is 0 Å². The summed E-state index contributed by atoms with van der Waals surface area (Å²) >= 11 is 0. The number of rotatable bonds is 4. The Balaban J connectivity index is 1.46. The zero-order valence-electron chi connectivity index (χ0n) is 32.6. The molecule has 6 heteroatoms. The molecule has 0 amide bonds. The molecule has 0 bridgehead atoms. The summed E-state index contributed by atoms with van der Waals surface area (Å²) in [5, 5.41) is 20.6. The fourth-order valence-corrected chi connectivity index (χ4v) is 9.80. The molecule has 4 nitrogen and oxygen atoms in total. The lowest BCUT2D eigenvalue weighted by Crippen LogP contribution is -2.63. The number of nitrogens with zero attached hydrogens (tertiary/aromatic N) is 4. The van der Waals surface area contributed by atoms with Crippen LogP contribution < -0.4 is 42.6 Å². The molecule has 2 aliphatic heterocycles. The van der Waals surface area contributed by atoms with Gasteiger partial charge in [0.15, 0.2) is 0 Å². The second kappa shape index (κ2) is 13.5. The molecular weight excluding hydrogens is 678 g/mol. The van der Waals surface area contributed by atoms with Gasteiger partial charge in [0.05, 0.1) is 23.3 Å². The molecule has 0 fully saturated rings. The zero-order valence-corrected chi connectivity index (χ0v) is 32.6. The lowest BCUT2D eigenvalue weighted by Gasteiger charge is -2.42. The highest BCUT2D eigenvalue weighted by atomic mass is 15.2. The van der Waals surface area contributed by atoms with E-state index in [0.717, 1.165) is 45.0 Å². The summed E-state index contributed by atoms with van der Waals surface area (Å²) in [6.45, 7) is 12.9. The van der Waals surface area contributed by atoms with E-state index in [4.69, 9.17) is 0 Å². The van der Waals surface area contributed by atoms with Crippen LogP contribution in [0.3, 0.4) is 0 Å². The zero-order chi connectivity index (χ0) is 38.8. The summed E-state index contributed by atoms with van der Waals surface area (Å²) in [5.74, 6) is 0. The van der Waals surface area contributed by atoms with E-state index in [0.29, 0.717) is 11.1 Å². The van der Waals surface area contributed by atoms with Gasteiger partial charge in [-0.2, -0.15) is 10.5 Å². The van der Waals surface area contributed by atoms with Crippen LogP contribution in [0.2, 0.25) is 0 Å². The number of aryl methyl sites for hydroxylation is 6. The molecule has 0 spiro atoms. The summed E-state index contributed by atoms with van der Waals surface area (Å²) in [5.41, 5.74) is 22.2. The number of hydrogen-bond donors (Lipinski definition) is 0.